The fraction of sp³-hybridized carbons (Fsp3) is 0.667. The van der Waals surface area contributed by atoms with Crippen LogP contribution in [-0.4, -0.2) is 16.2 Å². The first-order valence-electron chi connectivity index (χ1n) is 5.93. The molecule has 84 valence electrons. The number of aromatic nitrogens is 2. The number of ether oxygens (including phenoxy) is 1. The van der Waals surface area contributed by atoms with Crippen molar-refractivity contribution >= 4 is 0 Å². The lowest BCUT2D eigenvalue weighted by atomic mass is 9.94. The molecule has 2 unspecified atom stereocenters. The van der Waals surface area contributed by atoms with Gasteiger partial charge in [-0.3, -0.25) is 0 Å². The van der Waals surface area contributed by atoms with Crippen LogP contribution in [0.2, 0.25) is 0 Å². The van der Waals surface area contributed by atoms with Crippen LogP contribution in [-0.2, 0) is 4.74 Å². The molecule has 1 aliphatic carbocycles. The first-order chi connectivity index (χ1) is 7.90. The highest BCUT2D eigenvalue weighted by molar-refractivity contribution is 5.12. The van der Waals surface area contributed by atoms with Crippen LogP contribution in [0.3, 0.4) is 0 Å². The third kappa shape index (κ3) is 1.61. The molecule has 16 heavy (non-hydrogen) atoms. The number of nitriles is 1. The largest absolute Gasteiger partial charge is 0.371 e. The Labute approximate surface area is 94.8 Å². The summed E-state index contributed by atoms with van der Waals surface area (Å²) in [6, 6.07) is 2.96. The van der Waals surface area contributed by atoms with Crippen LogP contribution in [0.1, 0.15) is 43.5 Å². The summed E-state index contributed by atoms with van der Waals surface area (Å²) in [5.74, 6) is -0.0112. The van der Waals surface area contributed by atoms with Gasteiger partial charge in [0.05, 0.1) is 30.2 Å². The molecule has 3 rings (SSSR count). The topological polar surface area (TPSA) is 50.8 Å². The van der Waals surface area contributed by atoms with Crippen molar-refractivity contribution in [3.63, 3.8) is 0 Å². The molecular formula is C12H15N3O. The van der Waals surface area contributed by atoms with Crippen molar-refractivity contribution in [2.75, 3.05) is 6.61 Å². The number of nitrogens with zero attached hydrogens (tertiary/aromatic N) is 3. The van der Waals surface area contributed by atoms with Gasteiger partial charge >= 0.3 is 0 Å². The molecule has 4 heteroatoms. The summed E-state index contributed by atoms with van der Waals surface area (Å²) in [6.45, 7) is 0.763. The maximum absolute atomic E-state index is 9.15. The van der Waals surface area contributed by atoms with Crippen LogP contribution in [0.25, 0.3) is 0 Å². The van der Waals surface area contributed by atoms with Gasteiger partial charge in [-0.25, -0.2) is 4.98 Å². The van der Waals surface area contributed by atoms with E-state index in [4.69, 9.17) is 10.00 Å². The third-order valence-electron chi connectivity index (χ3n) is 3.42. The zero-order valence-electron chi connectivity index (χ0n) is 9.17. The standard InChI is InChI=1S/C12H15N3O/c13-6-9-2-1-5-16-12(9)11-7-14-8-15(11)10-3-4-10/h7-10,12H,1-5H2. The fourth-order valence-electron chi connectivity index (χ4n) is 2.40. The van der Waals surface area contributed by atoms with Crippen molar-refractivity contribution in [3.8, 4) is 6.07 Å². The number of rotatable bonds is 2. The van der Waals surface area contributed by atoms with Crippen molar-refractivity contribution in [2.45, 2.75) is 37.8 Å². The molecule has 4 nitrogen and oxygen atoms in total. The van der Waals surface area contributed by atoms with E-state index >= 15 is 0 Å². The minimum Gasteiger partial charge on any atom is -0.371 e. The molecule has 0 N–H and O–H groups in total. The zero-order chi connectivity index (χ0) is 11.0. The smallest absolute Gasteiger partial charge is 0.115 e. The van der Waals surface area contributed by atoms with E-state index < -0.39 is 0 Å². The lowest BCUT2D eigenvalue weighted by Crippen LogP contribution is -2.23. The van der Waals surface area contributed by atoms with Crippen molar-refractivity contribution in [1.29, 1.82) is 5.26 Å². The molecular weight excluding hydrogens is 202 g/mol. The van der Waals surface area contributed by atoms with Crippen LogP contribution in [0.5, 0.6) is 0 Å². The molecule has 1 aromatic heterocycles. The molecule has 0 amide bonds. The Morgan fingerprint density at radius 1 is 1.44 bits per heavy atom. The van der Waals surface area contributed by atoms with Gasteiger partial charge in [0.1, 0.15) is 6.10 Å². The lowest BCUT2D eigenvalue weighted by Gasteiger charge is -2.27. The van der Waals surface area contributed by atoms with Gasteiger partial charge in [0.25, 0.3) is 0 Å². The van der Waals surface area contributed by atoms with Gasteiger partial charge in [-0.2, -0.15) is 5.26 Å². The van der Waals surface area contributed by atoms with E-state index in [9.17, 15) is 0 Å². The van der Waals surface area contributed by atoms with Gasteiger partial charge in [-0.15, -0.1) is 0 Å². The van der Waals surface area contributed by atoms with E-state index in [2.05, 4.69) is 15.6 Å². The van der Waals surface area contributed by atoms with Crippen LogP contribution in [0, 0.1) is 17.2 Å². The quantitative estimate of drug-likeness (QED) is 0.763. The Morgan fingerprint density at radius 3 is 3.06 bits per heavy atom. The second-order valence-electron chi connectivity index (χ2n) is 4.63. The number of hydrogen-bond acceptors (Lipinski definition) is 3. The molecule has 2 fully saturated rings. The van der Waals surface area contributed by atoms with Crippen molar-refractivity contribution < 1.29 is 4.74 Å². The minimum atomic E-state index is -0.0677. The van der Waals surface area contributed by atoms with Crippen LogP contribution in [0.15, 0.2) is 12.5 Å². The van der Waals surface area contributed by atoms with E-state index in [1.165, 1.54) is 12.8 Å². The molecule has 2 aliphatic rings. The summed E-state index contributed by atoms with van der Waals surface area (Å²) in [6.07, 6.45) is 8.06. The maximum atomic E-state index is 9.15. The predicted molar refractivity (Wildman–Crippen MR) is 57.5 cm³/mol. The van der Waals surface area contributed by atoms with Gasteiger partial charge < -0.3 is 9.30 Å². The second kappa shape index (κ2) is 3.91. The molecule has 1 aromatic rings. The molecule has 0 aromatic carbocycles. The molecule has 0 bridgehead atoms. The van der Waals surface area contributed by atoms with Gasteiger partial charge in [0.2, 0.25) is 0 Å². The number of imidazole rings is 1. The van der Waals surface area contributed by atoms with Gasteiger partial charge in [-0.05, 0) is 25.7 Å². The average molecular weight is 217 g/mol. The molecule has 0 radical (unpaired) electrons. The summed E-state index contributed by atoms with van der Waals surface area (Å²) in [5.41, 5.74) is 1.09. The highest BCUT2D eigenvalue weighted by atomic mass is 16.5. The van der Waals surface area contributed by atoms with Crippen molar-refractivity contribution in [1.82, 2.24) is 9.55 Å². The highest BCUT2D eigenvalue weighted by Crippen LogP contribution is 2.40. The average Bonchev–Trinajstić information content (AvgIpc) is 3.07. The molecule has 1 saturated carbocycles. The van der Waals surface area contributed by atoms with Gasteiger partial charge in [0, 0.05) is 12.6 Å². The van der Waals surface area contributed by atoms with Gasteiger partial charge in [-0.1, -0.05) is 0 Å². The molecule has 1 aliphatic heterocycles. The summed E-state index contributed by atoms with van der Waals surface area (Å²) >= 11 is 0. The zero-order valence-corrected chi connectivity index (χ0v) is 9.17. The van der Waals surface area contributed by atoms with Crippen LogP contribution < -0.4 is 0 Å². The summed E-state index contributed by atoms with van der Waals surface area (Å²) < 4.78 is 7.96. The number of hydrogen-bond donors (Lipinski definition) is 0. The van der Waals surface area contributed by atoms with E-state index in [-0.39, 0.29) is 12.0 Å². The van der Waals surface area contributed by atoms with Crippen molar-refractivity contribution in [3.05, 3.63) is 18.2 Å². The van der Waals surface area contributed by atoms with Crippen LogP contribution >= 0.6 is 0 Å². The van der Waals surface area contributed by atoms with E-state index in [1.807, 2.05) is 12.5 Å². The molecule has 2 atom stereocenters. The normalized spacial score (nSPS) is 29.9. The molecule has 0 spiro atoms. The predicted octanol–water partition coefficient (Wildman–Crippen LogP) is 2.21. The Morgan fingerprint density at radius 2 is 2.31 bits per heavy atom. The highest BCUT2D eigenvalue weighted by Gasteiger charge is 2.33. The minimum absolute atomic E-state index is 0.0112. The first-order valence-corrected chi connectivity index (χ1v) is 5.93. The molecule has 2 heterocycles. The van der Waals surface area contributed by atoms with E-state index in [1.54, 1.807) is 0 Å². The maximum Gasteiger partial charge on any atom is 0.115 e. The van der Waals surface area contributed by atoms with E-state index in [0.29, 0.717) is 6.04 Å². The second-order valence-corrected chi connectivity index (χ2v) is 4.63. The monoisotopic (exact) mass is 217 g/mol. The first kappa shape index (κ1) is 9.86. The van der Waals surface area contributed by atoms with Crippen molar-refractivity contribution in [2.24, 2.45) is 5.92 Å². The Hall–Kier alpha value is -1.34. The summed E-state index contributed by atoms with van der Waals surface area (Å²) in [5, 5.41) is 9.15. The van der Waals surface area contributed by atoms with E-state index in [0.717, 1.165) is 25.1 Å². The summed E-state index contributed by atoms with van der Waals surface area (Å²) in [4.78, 5) is 4.20. The lowest BCUT2D eigenvalue weighted by molar-refractivity contribution is -0.0148. The molecule has 1 saturated heterocycles. The van der Waals surface area contributed by atoms with Crippen LogP contribution in [0.4, 0.5) is 0 Å². The Balaban J connectivity index is 1.89. The fourth-order valence-corrected chi connectivity index (χ4v) is 2.40. The third-order valence-corrected chi connectivity index (χ3v) is 3.42. The Bertz CT molecular complexity index is 416. The SMILES string of the molecule is N#CC1CCCOC1c1cncn1C1CC1. The summed E-state index contributed by atoms with van der Waals surface area (Å²) in [7, 11) is 0. The Kier molecular flexibility index (Phi) is 2.41. The van der Waals surface area contributed by atoms with Gasteiger partial charge in [0.15, 0.2) is 0 Å².